The third-order valence-corrected chi connectivity index (χ3v) is 1.67. The van der Waals surface area contributed by atoms with E-state index in [0.717, 1.165) is 0 Å². The Balaban J connectivity index is 2.70. The molecule has 2 N–H and O–H groups in total. The lowest BCUT2D eigenvalue weighted by Gasteiger charge is -1.99. The fraction of sp³-hybridized carbons (Fsp3) is 0.429. The number of hydrogen-bond acceptors (Lipinski definition) is 3. The van der Waals surface area contributed by atoms with Crippen LogP contribution in [0, 0.1) is 0 Å². The number of amides is 1. The lowest BCUT2D eigenvalue weighted by atomic mass is 10.4. The topological polar surface area (TPSA) is 67.2 Å². The zero-order valence-corrected chi connectivity index (χ0v) is 7.88. The van der Waals surface area contributed by atoms with Gasteiger partial charge in [-0.1, -0.05) is 11.6 Å². The van der Waals surface area contributed by atoms with E-state index in [1.54, 1.807) is 7.05 Å². The molecule has 0 radical (unpaired) electrons. The van der Waals surface area contributed by atoms with Crippen LogP contribution in [0.2, 0.25) is 5.02 Å². The van der Waals surface area contributed by atoms with E-state index in [4.69, 9.17) is 16.7 Å². The van der Waals surface area contributed by atoms with Gasteiger partial charge in [0.2, 0.25) is 0 Å². The van der Waals surface area contributed by atoms with Crippen molar-refractivity contribution in [1.82, 2.24) is 15.1 Å². The van der Waals surface area contributed by atoms with E-state index >= 15 is 0 Å². The summed E-state index contributed by atoms with van der Waals surface area (Å²) in [4.78, 5) is 11.3. The molecule has 1 aromatic heterocycles. The van der Waals surface area contributed by atoms with E-state index in [-0.39, 0.29) is 24.8 Å². The van der Waals surface area contributed by atoms with E-state index in [9.17, 15) is 4.79 Å². The fourth-order valence-electron chi connectivity index (χ4n) is 0.867. The smallest absolute Gasteiger partial charge is 0.273 e. The highest BCUT2D eigenvalue weighted by molar-refractivity contribution is 6.33. The molecule has 13 heavy (non-hydrogen) atoms. The van der Waals surface area contributed by atoms with Gasteiger partial charge in [0, 0.05) is 19.8 Å². The summed E-state index contributed by atoms with van der Waals surface area (Å²) in [5.41, 5.74) is 0.178. The second-order valence-corrected chi connectivity index (χ2v) is 2.89. The number of carbonyl (C=O) groups is 1. The molecule has 72 valence electrons. The Morgan fingerprint density at radius 1 is 1.85 bits per heavy atom. The van der Waals surface area contributed by atoms with Gasteiger partial charge in [-0.15, -0.1) is 0 Å². The van der Waals surface area contributed by atoms with Gasteiger partial charge in [-0.2, -0.15) is 5.10 Å². The summed E-state index contributed by atoms with van der Waals surface area (Å²) in [5, 5.41) is 15.1. The molecule has 1 heterocycles. The summed E-state index contributed by atoms with van der Waals surface area (Å²) in [6.45, 7) is 0.0991. The number of carbonyl (C=O) groups excluding carboxylic acids is 1. The van der Waals surface area contributed by atoms with Crippen LogP contribution in [0.1, 0.15) is 10.5 Å². The van der Waals surface area contributed by atoms with Crippen LogP contribution in [-0.4, -0.2) is 33.9 Å². The zero-order valence-electron chi connectivity index (χ0n) is 7.12. The molecule has 0 saturated heterocycles. The predicted molar refractivity (Wildman–Crippen MR) is 47.6 cm³/mol. The van der Waals surface area contributed by atoms with Crippen molar-refractivity contribution in [3.63, 3.8) is 0 Å². The minimum Gasteiger partial charge on any atom is -0.395 e. The van der Waals surface area contributed by atoms with Gasteiger partial charge in [0.15, 0.2) is 5.69 Å². The number of aliphatic hydroxyl groups is 1. The van der Waals surface area contributed by atoms with Gasteiger partial charge in [-0.25, -0.2) is 0 Å². The minimum atomic E-state index is -0.375. The quantitative estimate of drug-likeness (QED) is 0.715. The maximum absolute atomic E-state index is 11.3. The molecule has 0 spiro atoms. The van der Waals surface area contributed by atoms with Gasteiger partial charge in [-0.3, -0.25) is 9.48 Å². The van der Waals surface area contributed by atoms with Crippen molar-refractivity contribution in [1.29, 1.82) is 0 Å². The van der Waals surface area contributed by atoms with Crippen molar-refractivity contribution >= 4 is 17.5 Å². The molecule has 0 aliphatic rings. The normalized spacial score (nSPS) is 10.1. The maximum Gasteiger partial charge on any atom is 0.273 e. The molecule has 1 amide bonds. The highest BCUT2D eigenvalue weighted by Gasteiger charge is 2.13. The van der Waals surface area contributed by atoms with Crippen molar-refractivity contribution < 1.29 is 9.90 Å². The van der Waals surface area contributed by atoms with Crippen LogP contribution < -0.4 is 5.32 Å². The number of halogens is 1. The van der Waals surface area contributed by atoms with Gasteiger partial charge in [0.25, 0.3) is 5.91 Å². The van der Waals surface area contributed by atoms with E-state index in [2.05, 4.69) is 10.4 Å². The first kappa shape index (κ1) is 10.0. The van der Waals surface area contributed by atoms with Crippen molar-refractivity contribution in [3.8, 4) is 0 Å². The molecule has 0 aliphatic heterocycles. The first-order chi connectivity index (χ1) is 6.15. The van der Waals surface area contributed by atoms with Crippen LogP contribution in [-0.2, 0) is 7.05 Å². The molecule has 5 nitrogen and oxygen atoms in total. The molecule has 6 heteroatoms. The third-order valence-electron chi connectivity index (χ3n) is 1.40. The molecule has 1 rings (SSSR count). The number of hydrogen-bond donors (Lipinski definition) is 2. The average Bonchev–Trinajstić information content (AvgIpc) is 2.41. The van der Waals surface area contributed by atoms with E-state index in [1.165, 1.54) is 10.9 Å². The molecule has 0 aliphatic carbocycles. The molecule has 0 fully saturated rings. The Morgan fingerprint density at radius 2 is 2.54 bits per heavy atom. The summed E-state index contributed by atoms with van der Waals surface area (Å²) >= 11 is 5.71. The van der Waals surface area contributed by atoms with Gasteiger partial charge in [0.05, 0.1) is 11.6 Å². The van der Waals surface area contributed by atoms with Crippen LogP contribution in [0.4, 0.5) is 0 Å². The Hall–Kier alpha value is -1.07. The maximum atomic E-state index is 11.3. The summed E-state index contributed by atoms with van der Waals surface area (Å²) < 4.78 is 1.45. The van der Waals surface area contributed by atoms with Crippen molar-refractivity contribution in [2.24, 2.45) is 7.05 Å². The lowest BCUT2D eigenvalue weighted by Crippen LogP contribution is -2.27. The Labute approximate surface area is 80.3 Å². The van der Waals surface area contributed by atoms with Gasteiger partial charge < -0.3 is 10.4 Å². The van der Waals surface area contributed by atoms with Crippen LogP contribution >= 0.6 is 11.6 Å². The number of aliphatic hydroxyl groups excluding tert-OH is 1. The zero-order chi connectivity index (χ0) is 9.84. The van der Waals surface area contributed by atoms with Crippen LogP contribution in [0.25, 0.3) is 0 Å². The molecule has 0 bridgehead atoms. The third kappa shape index (κ3) is 2.43. The Bertz CT molecular complexity index is 311. The Kier molecular flexibility index (Phi) is 3.27. The molecule has 1 aromatic rings. The summed E-state index contributed by atoms with van der Waals surface area (Å²) in [6, 6.07) is 0. The summed E-state index contributed by atoms with van der Waals surface area (Å²) in [6.07, 6.45) is 1.54. The SMILES string of the molecule is Cn1cc(Cl)c(C(=O)NCCO)n1. The van der Waals surface area contributed by atoms with Gasteiger partial charge >= 0.3 is 0 Å². The summed E-state index contributed by atoms with van der Waals surface area (Å²) in [5.74, 6) is -0.375. The molecule has 0 unspecified atom stereocenters. The number of nitrogens with zero attached hydrogens (tertiary/aromatic N) is 2. The first-order valence-electron chi connectivity index (χ1n) is 3.73. The van der Waals surface area contributed by atoms with Gasteiger partial charge in [-0.05, 0) is 0 Å². The highest BCUT2D eigenvalue weighted by Crippen LogP contribution is 2.12. The molecular formula is C7H10ClN3O2. The second-order valence-electron chi connectivity index (χ2n) is 2.48. The average molecular weight is 204 g/mol. The number of nitrogens with one attached hydrogen (secondary N) is 1. The van der Waals surface area contributed by atoms with E-state index in [1.807, 2.05) is 0 Å². The molecule has 0 atom stereocenters. The summed E-state index contributed by atoms with van der Waals surface area (Å²) in [7, 11) is 1.68. The van der Waals surface area contributed by atoms with Crippen LogP contribution in [0.5, 0.6) is 0 Å². The molecular weight excluding hydrogens is 194 g/mol. The van der Waals surface area contributed by atoms with Crippen molar-refractivity contribution in [3.05, 3.63) is 16.9 Å². The number of rotatable bonds is 3. The largest absolute Gasteiger partial charge is 0.395 e. The van der Waals surface area contributed by atoms with Gasteiger partial charge in [0.1, 0.15) is 0 Å². The van der Waals surface area contributed by atoms with Crippen molar-refractivity contribution in [2.45, 2.75) is 0 Å². The van der Waals surface area contributed by atoms with E-state index < -0.39 is 0 Å². The standard InChI is InChI=1S/C7H10ClN3O2/c1-11-4-5(8)6(10-11)7(13)9-2-3-12/h4,12H,2-3H2,1H3,(H,9,13). The number of aromatic nitrogens is 2. The molecule has 0 saturated carbocycles. The monoisotopic (exact) mass is 203 g/mol. The predicted octanol–water partition coefficient (Wildman–Crippen LogP) is -0.204. The molecule has 0 aromatic carbocycles. The number of aryl methyl sites for hydroxylation is 1. The van der Waals surface area contributed by atoms with E-state index in [0.29, 0.717) is 5.02 Å². The minimum absolute atomic E-state index is 0.101. The second kappa shape index (κ2) is 4.25. The fourth-order valence-corrected chi connectivity index (χ4v) is 1.13. The lowest BCUT2D eigenvalue weighted by molar-refractivity contribution is 0.0939. The highest BCUT2D eigenvalue weighted by atomic mass is 35.5. The van der Waals surface area contributed by atoms with Crippen LogP contribution in [0.3, 0.4) is 0 Å². The Morgan fingerprint density at radius 3 is 3.00 bits per heavy atom. The first-order valence-corrected chi connectivity index (χ1v) is 4.11. The van der Waals surface area contributed by atoms with Crippen molar-refractivity contribution in [2.75, 3.05) is 13.2 Å². The van der Waals surface area contributed by atoms with Crippen LogP contribution in [0.15, 0.2) is 6.20 Å².